The Bertz CT molecular complexity index is 636. The summed E-state index contributed by atoms with van der Waals surface area (Å²) in [7, 11) is 0. The fraction of sp³-hybridized carbons (Fsp3) is 0.308. The lowest BCUT2D eigenvalue weighted by molar-refractivity contribution is 0.0939. The minimum Gasteiger partial charge on any atom is -0.361 e. The Labute approximate surface area is 126 Å². The monoisotopic (exact) mass is 313 g/mol. The number of nitrogens with one attached hydrogen (secondary N) is 1. The molecule has 0 saturated heterocycles. The van der Waals surface area contributed by atoms with Crippen molar-refractivity contribution in [1.82, 2.24) is 15.5 Å². The summed E-state index contributed by atoms with van der Waals surface area (Å²) >= 11 is 11.6. The van der Waals surface area contributed by atoms with E-state index in [9.17, 15) is 4.79 Å². The van der Waals surface area contributed by atoms with Crippen molar-refractivity contribution in [3.8, 4) is 0 Å². The van der Waals surface area contributed by atoms with E-state index in [0.717, 1.165) is 11.3 Å². The van der Waals surface area contributed by atoms with Crippen LogP contribution in [0.1, 0.15) is 40.3 Å². The van der Waals surface area contributed by atoms with Gasteiger partial charge in [0, 0.05) is 11.8 Å². The minimum atomic E-state index is -0.288. The standard InChI is InChI=1S/C13H13Cl2N3O2/c1-6(11-7(2)18-20-8(11)3)17-13(19)9-4-10(14)12(15)16-5-9/h4-6H,1-3H3,(H,17,19). The van der Waals surface area contributed by atoms with Crippen LogP contribution < -0.4 is 5.32 Å². The van der Waals surface area contributed by atoms with Gasteiger partial charge in [0.05, 0.1) is 22.3 Å². The van der Waals surface area contributed by atoms with Crippen molar-refractivity contribution in [3.63, 3.8) is 0 Å². The molecule has 2 aromatic rings. The molecule has 2 rings (SSSR count). The second-order valence-corrected chi connectivity index (χ2v) is 5.19. The van der Waals surface area contributed by atoms with Crippen molar-refractivity contribution in [3.05, 3.63) is 45.0 Å². The molecule has 0 bridgehead atoms. The van der Waals surface area contributed by atoms with Gasteiger partial charge in [0.1, 0.15) is 10.9 Å². The van der Waals surface area contributed by atoms with Crippen molar-refractivity contribution >= 4 is 29.1 Å². The third-order valence-corrected chi connectivity index (χ3v) is 3.61. The van der Waals surface area contributed by atoms with E-state index >= 15 is 0 Å². The largest absolute Gasteiger partial charge is 0.361 e. The van der Waals surface area contributed by atoms with Crippen LogP contribution in [-0.4, -0.2) is 16.0 Å². The quantitative estimate of drug-likeness (QED) is 0.881. The first-order chi connectivity index (χ1) is 9.40. The summed E-state index contributed by atoms with van der Waals surface area (Å²) in [5.74, 6) is 0.395. The summed E-state index contributed by atoms with van der Waals surface area (Å²) in [6, 6.07) is 1.25. The Morgan fingerprint density at radius 3 is 2.65 bits per heavy atom. The van der Waals surface area contributed by atoms with E-state index in [-0.39, 0.29) is 22.1 Å². The molecule has 0 fully saturated rings. The van der Waals surface area contributed by atoms with E-state index in [2.05, 4.69) is 15.5 Å². The van der Waals surface area contributed by atoms with E-state index in [0.29, 0.717) is 11.3 Å². The van der Waals surface area contributed by atoms with Gasteiger partial charge in [-0.1, -0.05) is 28.4 Å². The first-order valence-electron chi connectivity index (χ1n) is 5.94. The average Bonchev–Trinajstić information content (AvgIpc) is 2.72. The molecular weight excluding hydrogens is 301 g/mol. The van der Waals surface area contributed by atoms with E-state index in [1.807, 2.05) is 13.8 Å². The molecule has 2 aromatic heterocycles. The first kappa shape index (κ1) is 14.8. The van der Waals surface area contributed by atoms with Gasteiger partial charge in [-0.15, -0.1) is 0 Å². The van der Waals surface area contributed by atoms with Gasteiger partial charge in [-0.3, -0.25) is 4.79 Å². The number of aryl methyl sites for hydroxylation is 2. The zero-order valence-electron chi connectivity index (χ0n) is 11.2. The van der Waals surface area contributed by atoms with Crippen LogP contribution in [0.2, 0.25) is 10.2 Å². The molecule has 0 aliphatic carbocycles. The summed E-state index contributed by atoms with van der Waals surface area (Å²) in [4.78, 5) is 16.0. The number of nitrogens with zero attached hydrogens (tertiary/aromatic N) is 2. The van der Waals surface area contributed by atoms with E-state index in [1.54, 1.807) is 6.92 Å². The lowest BCUT2D eigenvalue weighted by Gasteiger charge is -2.13. The molecule has 20 heavy (non-hydrogen) atoms. The van der Waals surface area contributed by atoms with Crippen LogP contribution in [0.4, 0.5) is 0 Å². The number of amides is 1. The Kier molecular flexibility index (Phi) is 4.30. The number of carbonyl (C=O) groups excluding carboxylic acids is 1. The lowest BCUT2D eigenvalue weighted by atomic mass is 10.1. The van der Waals surface area contributed by atoms with Crippen molar-refractivity contribution in [2.45, 2.75) is 26.8 Å². The minimum absolute atomic E-state index is 0.169. The van der Waals surface area contributed by atoms with Crippen molar-refractivity contribution in [2.24, 2.45) is 0 Å². The number of rotatable bonds is 3. The van der Waals surface area contributed by atoms with Gasteiger partial charge in [-0.2, -0.15) is 0 Å². The van der Waals surface area contributed by atoms with E-state index < -0.39 is 0 Å². The molecule has 0 radical (unpaired) electrons. The SMILES string of the molecule is Cc1noc(C)c1C(C)NC(=O)c1cnc(Cl)c(Cl)c1. The summed E-state index contributed by atoms with van der Waals surface area (Å²) < 4.78 is 5.09. The maximum Gasteiger partial charge on any atom is 0.253 e. The molecule has 0 aromatic carbocycles. The highest BCUT2D eigenvalue weighted by atomic mass is 35.5. The van der Waals surface area contributed by atoms with Crippen LogP contribution in [0, 0.1) is 13.8 Å². The second kappa shape index (κ2) is 5.81. The maximum atomic E-state index is 12.1. The highest BCUT2D eigenvalue weighted by Crippen LogP contribution is 2.23. The molecule has 5 nitrogen and oxygen atoms in total. The summed E-state index contributed by atoms with van der Waals surface area (Å²) in [6.07, 6.45) is 1.38. The number of pyridine rings is 1. The zero-order valence-corrected chi connectivity index (χ0v) is 12.7. The molecule has 2 heterocycles. The van der Waals surface area contributed by atoms with Crippen LogP contribution in [0.25, 0.3) is 0 Å². The molecule has 0 aliphatic rings. The van der Waals surface area contributed by atoms with Crippen LogP contribution in [0.3, 0.4) is 0 Å². The fourth-order valence-electron chi connectivity index (χ4n) is 2.01. The van der Waals surface area contributed by atoms with Crippen molar-refractivity contribution in [2.75, 3.05) is 0 Å². The number of carbonyl (C=O) groups is 1. The molecule has 1 amide bonds. The van der Waals surface area contributed by atoms with Gasteiger partial charge < -0.3 is 9.84 Å². The predicted octanol–water partition coefficient (Wildman–Crippen LogP) is 3.48. The van der Waals surface area contributed by atoms with E-state index in [4.69, 9.17) is 27.7 Å². The number of hydrogen-bond acceptors (Lipinski definition) is 4. The van der Waals surface area contributed by atoms with Gasteiger partial charge in [-0.25, -0.2) is 4.98 Å². The Hall–Kier alpha value is -1.59. The topological polar surface area (TPSA) is 68.0 Å². The molecule has 1 atom stereocenters. The smallest absolute Gasteiger partial charge is 0.253 e. The lowest BCUT2D eigenvalue weighted by Crippen LogP contribution is -2.27. The highest BCUT2D eigenvalue weighted by molar-refractivity contribution is 6.41. The molecule has 0 spiro atoms. The van der Waals surface area contributed by atoms with Gasteiger partial charge >= 0.3 is 0 Å². The molecule has 0 saturated carbocycles. The Morgan fingerprint density at radius 1 is 1.40 bits per heavy atom. The first-order valence-corrected chi connectivity index (χ1v) is 6.70. The van der Waals surface area contributed by atoms with Gasteiger partial charge in [0.25, 0.3) is 5.91 Å². The Morgan fingerprint density at radius 2 is 2.10 bits per heavy atom. The van der Waals surface area contributed by atoms with Gasteiger partial charge in [0.2, 0.25) is 0 Å². The number of halogens is 2. The third-order valence-electron chi connectivity index (χ3n) is 2.93. The van der Waals surface area contributed by atoms with Crippen LogP contribution in [0.15, 0.2) is 16.8 Å². The third kappa shape index (κ3) is 2.94. The van der Waals surface area contributed by atoms with Crippen LogP contribution >= 0.6 is 23.2 Å². The molecule has 1 unspecified atom stereocenters. The number of hydrogen-bond donors (Lipinski definition) is 1. The fourth-order valence-corrected chi connectivity index (χ4v) is 2.28. The summed E-state index contributed by atoms with van der Waals surface area (Å²) in [6.45, 7) is 5.49. The van der Waals surface area contributed by atoms with E-state index in [1.165, 1.54) is 12.3 Å². The summed E-state index contributed by atoms with van der Waals surface area (Å²) in [5, 5.41) is 7.12. The van der Waals surface area contributed by atoms with Gasteiger partial charge in [-0.05, 0) is 26.8 Å². The van der Waals surface area contributed by atoms with Gasteiger partial charge in [0.15, 0.2) is 0 Å². The zero-order chi connectivity index (χ0) is 14.9. The average molecular weight is 314 g/mol. The summed E-state index contributed by atoms with van der Waals surface area (Å²) in [5.41, 5.74) is 1.96. The highest BCUT2D eigenvalue weighted by Gasteiger charge is 2.19. The molecular formula is C13H13Cl2N3O2. The molecule has 106 valence electrons. The molecule has 1 N–H and O–H groups in total. The molecule has 0 aliphatic heterocycles. The Balaban J connectivity index is 2.17. The van der Waals surface area contributed by atoms with Crippen molar-refractivity contribution < 1.29 is 9.32 Å². The second-order valence-electron chi connectivity index (χ2n) is 4.43. The normalized spacial score (nSPS) is 12.2. The maximum absolute atomic E-state index is 12.1. The van der Waals surface area contributed by atoms with Crippen LogP contribution in [0.5, 0.6) is 0 Å². The van der Waals surface area contributed by atoms with Crippen LogP contribution in [-0.2, 0) is 0 Å². The number of aromatic nitrogens is 2. The molecule has 7 heteroatoms. The predicted molar refractivity (Wildman–Crippen MR) is 76.1 cm³/mol. The van der Waals surface area contributed by atoms with Crippen molar-refractivity contribution in [1.29, 1.82) is 0 Å².